The summed E-state index contributed by atoms with van der Waals surface area (Å²) in [7, 11) is 0. The molecule has 1 unspecified atom stereocenters. The van der Waals surface area contributed by atoms with Crippen LogP contribution >= 0.6 is 11.6 Å². The molecule has 0 bridgehead atoms. The SMILES string of the molecule is OCc1c(Cl)ncnc1N1CCCCCC1CO. The molecule has 1 aliphatic rings. The summed E-state index contributed by atoms with van der Waals surface area (Å²) in [5, 5.41) is 19.2. The van der Waals surface area contributed by atoms with Crippen LogP contribution in [0.2, 0.25) is 5.15 Å². The van der Waals surface area contributed by atoms with Crippen LogP contribution in [-0.2, 0) is 6.61 Å². The Morgan fingerprint density at radius 2 is 2.11 bits per heavy atom. The second kappa shape index (κ2) is 6.31. The molecule has 18 heavy (non-hydrogen) atoms. The normalized spacial score (nSPS) is 20.8. The molecule has 2 heterocycles. The fourth-order valence-electron chi connectivity index (χ4n) is 2.41. The Balaban J connectivity index is 2.35. The number of aromatic nitrogens is 2. The van der Waals surface area contributed by atoms with Gasteiger partial charge in [-0.1, -0.05) is 24.4 Å². The average Bonchev–Trinajstić information content (AvgIpc) is 2.63. The summed E-state index contributed by atoms with van der Waals surface area (Å²) in [5.41, 5.74) is 0.541. The maximum Gasteiger partial charge on any atom is 0.140 e. The monoisotopic (exact) mass is 271 g/mol. The first-order valence-electron chi connectivity index (χ1n) is 6.25. The van der Waals surface area contributed by atoms with E-state index in [-0.39, 0.29) is 24.4 Å². The van der Waals surface area contributed by atoms with Gasteiger partial charge in [0.25, 0.3) is 0 Å². The molecule has 0 radical (unpaired) electrons. The lowest BCUT2D eigenvalue weighted by Crippen LogP contribution is -2.38. The van der Waals surface area contributed by atoms with Crippen molar-refractivity contribution in [3.63, 3.8) is 0 Å². The fourth-order valence-corrected chi connectivity index (χ4v) is 2.60. The average molecular weight is 272 g/mol. The van der Waals surface area contributed by atoms with E-state index in [4.69, 9.17) is 11.6 Å². The topological polar surface area (TPSA) is 69.5 Å². The number of nitrogens with zero attached hydrogens (tertiary/aromatic N) is 3. The predicted molar refractivity (Wildman–Crippen MR) is 69.7 cm³/mol. The highest BCUT2D eigenvalue weighted by atomic mass is 35.5. The second-order valence-corrected chi connectivity index (χ2v) is 4.86. The van der Waals surface area contributed by atoms with Crippen LogP contribution in [0.4, 0.5) is 5.82 Å². The van der Waals surface area contributed by atoms with Crippen LogP contribution in [0, 0.1) is 0 Å². The third-order valence-electron chi connectivity index (χ3n) is 3.39. The minimum Gasteiger partial charge on any atom is -0.394 e. The van der Waals surface area contributed by atoms with Crippen LogP contribution in [0.15, 0.2) is 6.33 Å². The van der Waals surface area contributed by atoms with Crippen molar-refractivity contribution in [1.82, 2.24) is 9.97 Å². The first-order chi connectivity index (χ1) is 8.77. The molecule has 0 aliphatic carbocycles. The van der Waals surface area contributed by atoms with Gasteiger partial charge in [-0.2, -0.15) is 0 Å². The third-order valence-corrected chi connectivity index (χ3v) is 3.71. The Morgan fingerprint density at radius 3 is 2.83 bits per heavy atom. The van der Waals surface area contributed by atoms with E-state index in [0.29, 0.717) is 11.4 Å². The molecule has 0 saturated carbocycles. The fraction of sp³-hybridized carbons (Fsp3) is 0.667. The summed E-state index contributed by atoms with van der Waals surface area (Å²) in [4.78, 5) is 10.2. The van der Waals surface area contributed by atoms with Gasteiger partial charge in [-0.15, -0.1) is 0 Å². The lowest BCUT2D eigenvalue weighted by molar-refractivity contribution is 0.252. The zero-order valence-electron chi connectivity index (χ0n) is 10.2. The summed E-state index contributed by atoms with van der Waals surface area (Å²) < 4.78 is 0. The summed E-state index contributed by atoms with van der Waals surface area (Å²) in [6, 6.07) is 0.0452. The van der Waals surface area contributed by atoms with Gasteiger partial charge in [0.2, 0.25) is 0 Å². The quantitative estimate of drug-likeness (QED) is 0.813. The van der Waals surface area contributed by atoms with Gasteiger partial charge in [0.15, 0.2) is 0 Å². The highest BCUT2D eigenvalue weighted by molar-refractivity contribution is 6.30. The second-order valence-electron chi connectivity index (χ2n) is 4.50. The van der Waals surface area contributed by atoms with Gasteiger partial charge in [-0.05, 0) is 12.8 Å². The maximum absolute atomic E-state index is 9.50. The molecule has 1 saturated heterocycles. The Labute approximate surface area is 111 Å². The van der Waals surface area contributed by atoms with Gasteiger partial charge in [-0.3, -0.25) is 0 Å². The maximum atomic E-state index is 9.50. The minimum absolute atomic E-state index is 0.0452. The Hall–Kier alpha value is -0.910. The van der Waals surface area contributed by atoms with E-state index in [2.05, 4.69) is 9.97 Å². The number of aliphatic hydroxyl groups excluding tert-OH is 2. The molecule has 5 nitrogen and oxygen atoms in total. The molecule has 1 fully saturated rings. The Morgan fingerprint density at radius 1 is 1.28 bits per heavy atom. The van der Waals surface area contributed by atoms with Gasteiger partial charge < -0.3 is 15.1 Å². The van der Waals surface area contributed by atoms with Crippen LogP contribution in [0.25, 0.3) is 0 Å². The van der Waals surface area contributed by atoms with Crippen LogP contribution < -0.4 is 4.90 Å². The molecule has 1 aliphatic heterocycles. The van der Waals surface area contributed by atoms with Crippen molar-refractivity contribution in [2.45, 2.75) is 38.3 Å². The van der Waals surface area contributed by atoms with Gasteiger partial charge in [0, 0.05) is 6.54 Å². The molecular weight excluding hydrogens is 254 g/mol. The van der Waals surface area contributed by atoms with Crippen LogP contribution in [0.1, 0.15) is 31.2 Å². The highest BCUT2D eigenvalue weighted by Crippen LogP contribution is 2.28. The smallest absolute Gasteiger partial charge is 0.140 e. The van der Waals surface area contributed by atoms with Crippen molar-refractivity contribution in [3.8, 4) is 0 Å². The number of halogens is 1. The lowest BCUT2D eigenvalue weighted by atomic mass is 10.1. The Kier molecular flexibility index (Phi) is 4.74. The van der Waals surface area contributed by atoms with Crippen molar-refractivity contribution in [3.05, 3.63) is 17.0 Å². The van der Waals surface area contributed by atoms with Crippen molar-refractivity contribution in [1.29, 1.82) is 0 Å². The first-order valence-corrected chi connectivity index (χ1v) is 6.63. The van der Waals surface area contributed by atoms with Gasteiger partial charge in [-0.25, -0.2) is 9.97 Å². The lowest BCUT2D eigenvalue weighted by Gasteiger charge is -2.31. The summed E-state index contributed by atoms with van der Waals surface area (Å²) in [6.45, 7) is 0.724. The number of aliphatic hydroxyl groups is 2. The van der Waals surface area contributed by atoms with E-state index in [1.807, 2.05) is 4.90 Å². The van der Waals surface area contributed by atoms with E-state index in [9.17, 15) is 10.2 Å². The van der Waals surface area contributed by atoms with Crippen molar-refractivity contribution >= 4 is 17.4 Å². The molecular formula is C12H18ClN3O2. The van der Waals surface area contributed by atoms with Gasteiger partial charge in [0.05, 0.1) is 24.8 Å². The van der Waals surface area contributed by atoms with E-state index in [0.717, 1.165) is 32.2 Å². The largest absolute Gasteiger partial charge is 0.394 e. The standard InChI is InChI=1S/C12H18ClN3O2/c13-11-10(7-18)12(15-8-14-11)16-5-3-1-2-4-9(16)6-17/h8-9,17-18H,1-7H2. The zero-order valence-corrected chi connectivity index (χ0v) is 11.0. The molecule has 2 N–H and O–H groups in total. The third kappa shape index (κ3) is 2.74. The van der Waals surface area contributed by atoms with Crippen LogP contribution in [0.5, 0.6) is 0 Å². The minimum atomic E-state index is -0.191. The number of rotatable bonds is 3. The van der Waals surface area contributed by atoms with Crippen molar-refractivity contribution in [2.75, 3.05) is 18.1 Å². The van der Waals surface area contributed by atoms with E-state index >= 15 is 0 Å². The molecule has 0 spiro atoms. The van der Waals surface area contributed by atoms with Crippen LogP contribution in [0.3, 0.4) is 0 Å². The molecule has 2 rings (SSSR count). The number of hydrogen-bond donors (Lipinski definition) is 2. The number of hydrogen-bond acceptors (Lipinski definition) is 5. The number of anilines is 1. The molecule has 100 valence electrons. The summed E-state index contributed by atoms with van der Waals surface area (Å²) in [6.07, 6.45) is 5.65. The molecule has 1 atom stereocenters. The molecule has 0 amide bonds. The van der Waals surface area contributed by atoms with Crippen molar-refractivity contribution < 1.29 is 10.2 Å². The summed E-state index contributed by atoms with van der Waals surface area (Å²) in [5.74, 6) is 0.651. The van der Waals surface area contributed by atoms with Gasteiger partial charge in [0.1, 0.15) is 17.3 Å². The van der Waals surface area contributed by atoms with E-state index in [1.54, 1.807) is 0 Å². The zero-order chi connectivity index (χ0) is 13.0. The van der Waals surface area contributed by atoms with Gasteiger partial charge >= 0.3 is 0 Å². The molecule has 0 aromatic carbocycles. The predicted octanol–water partition coefficient (Wildman–Crippen LogP) is 1.36. The van der Waals surface area contributed by atoms with Crippen molar-refractivity contribution in [2.24, 2.45) is 0 Å². The first kappa shape index (κ1) is 13.5. The summed E-state index contributed by atoms with van der Waals surface area (Å²) >= 11 is 5.98. The van der Waals surface area contributed by atoms with Crippen LogP contribution in [-0.4, -0.2) is 39.4 Å². The highest BCUT2D eigenvalue weighted by Gasteiger charge is 2.24. The van der Waals surface area contributed by atoms with E-state index < -0.39 is 0 Å². The Bertz CT molecular complexity index is 403. The molecule has 1 aromatic rings. The molecule has 6 heteroatoms. The van der Waals surface area contributed by atoms with E-state index in [1.165, 1.54) is 6.33 Å². The molecule has 1 aromatic heterocycles.